The molecule has 0 aromatic heterocycles. The van der Waals surface area contributed by atoms with Crippen LogP contribution in [0.4, 0.5) is 5.69 Å². The molecule has 16 heteroatoms. The van der Waals surface area contributed by atoms with Crippen LogP contribution < -0.4 is 5.32 Å². The topological polar surface area (TPSA) is 205 Å². The van der Waals surface area contributed by atoms with Gasteiger partial charge >= 0.3 is 29.8 Å². The van der Waals surface area contributed by atoms with Crippen molar-refractivity contribution in [2.24, 2.45) is 0 Å². The van der Waals surface area contributed by atoms with Crippen LogP contribution in [0.2, 0.25) is 0 Å². The minimum absolute atomic E-state index is 0.166. The van der Waals surface area contributed by atoms with Crippen LogP contribution in [0.25, 0.3) is 10.8 Å². The van der Waals surface area contributed by atoms with E-state index in [1.165, 1.54) is 6.92 Å². The molecule has 0 radical (unpaired) electrons. The first-order valence-corrected chi connectivity index (χ1v) is 18.4. The molecule has 4 aliphatic rings. The van der Waals surface area contributed by atoms with E-state index >= 15 is 0 Å². The molecule has 57 heavy (non-hydrogen) atoms. The van der Waals surface area contributed by atoms with E-state index in [9.17, 15) is 33.6 Å². The third-order valence-electron chi connectivity index (χ3n) is 10.3. The lowest BCUT2D eigenvalue weighted by Crippen LogP contribution is -2.65. The van der Waals surface area contributed by atoms with E-state index < -0.39 is 91.5 Å². The summed E-state index contributed by atoms with van der Waals surface area (Å²) in [7, 11) is 0. The minimum Gasteiger partial charge on any atom is -0.463 e. The fraction of sp³-hybridized carbons (Fsp3) is 0.439. The summed E-state index contributed by atoms with van der Waals surface area (Å²) >= 11 is 0. The lowest BCUT2D eigenvalue weighted by Gasteiger charge is -2.50. The van der Waals surface area contributed by atoms with Gasteiger partial charge in [0.2, 0.25) is 0 Å². The molecule has 2 saturated heterocycles. The first-order valence-electron chi connectivity index (χ1n) is 18.4. The molecule has 3 aliphatic heterocycles. The van der Waals surface area contributed by atoms with Crippen LogP contribution in [0.15, 0.2) is 42.5 Å². The molecule has 0 spiro atoms. The van der Waals surface area contributed by atoms with Crippen LogP contribution in [0.5, 0.6) is 0 Å². The van der Waals surface area contributed by atoms with Crippen LogP contribution in [-0.4, -0.2) is 104 Å². The van der Waals surface area contributed by atoms with Gasteiger partial charge in [-0.2, -0.15) is 0 Å². The van der Waals surface area contributed by atoms with Crippen molar-refractivity contribution in [2.75, 3.05) is 18.5 Å². The number of nitrogens with one attached hydrogen (secondary N) is 1. The van der Waals surface area contributed by atoms with E-state index in [4.69, 9.17) is 37.9 Å². The van der Waals surface area contributed by atoms with Gasteiger partial charge in [0.15, 0.2) is 36.2 Å². The maximum atomic E-state index is 14.4. The Morgan fingerprint density at radius 2 is 1.25 bits per heavy atom. The molecule has 9 atom stereocenters. The Bertz CT molecular complexity index is 2200. The Balaban J connectivity index is 1.28. The summed E-state index contributed by atoms with van der Waals surface area (Å²) in [6.07, 6.45) is -9.83. The van der Waals surface area contributed by atoms with Crippen LogP contribution in [0, 0.1) is 6.92 Å². The Morgan fingerprint density at radius 1 is 0.667 bits per heavy atom. The molecule has 0 unspecified atom stereocenters. The quantitative estimate of drug-likeness (QED) is 0.190. The van der Waals surface area contributed by atoms with E-state index in [1.807, 2.05) is 31.2 Å². The molecule has 1 N–H and O–H groups in total. The van der Waals surface area contributed by atoms with Gasteiger partial charge in [0, 0.05) is 63.3 Å². The van der Waals surface area contributed by atoms with Gasteiger partial charge in [-0.15, -0.1) is 0 Å². The van der Waals surface area contributed by atoms with E-state index in [-0.39, 0.29) is 41.3 Å². The predicted octanol–water partition coefficient (Wildman–Crippen LogP) is 3.58. The number of hydrogen-bond donors (Lipinski definition) is 1. The highest BCUT2D eigenvalue weighted by Gasteiger charge is 2.55. The second-order valence-corrected chi connectivity index (χ2v) is 14.4. The molecule has 0 amide bonds. The Morgan fingerprint density at radius 3 is 1.89 bits per heavy atom. The molecule has 3 aromatic carbocycles. The highest BCUT2D eigenvalue weighted by molar-refractivity contribution is 6.33. The SMILES string of the molecule is CC(=O)OC[C@H]1O[C@@H](O[C@H]2[C@@H]3C[C@H](O[C@@H]2COC(C)=O)c2ccc4c(c2N3)C(=O)c2ccc3cc(C)ccc3c2C4=O)[C@H](OC(C)=O)[C@@H](OC(C)=O)[C@H]1OC(C)=O. The second-order valence-electron chi connectivity index (χ2n) is 14.4. The molecule has 2 bridgehead atoms. The highest BCUT2D eigenvalue weighted by atomic mass is 16.7. The third-order valence-corrected chi connectivity index (χ3v) is 10.3. The van der Waals surface area contributed by atoms with Gasteiger partial charge in [0.05, 0.1) is 23.4 Å². The fourth-order valence-electron chi connectivity index (χ4n) is 8.08. The van der Waals surface area contributed by atoms with E-state index in [0.29, 0.717) is 22.2 Å². The fourth-order valence-corrected chi connectivity index (χ4v) is 8.08. The number of anilines is 1. The van der Waals surface area contributed by atoms with E-state index in [1.54, 1.807) is 18.2 Å². The molecule has 300 valence electrons. The zero-order valence-corrected chi connectivity index (χ0v) is 32.0. The predicted molar refractivity (Wildman–Crippen MR) is 195 cm³/mol. The summed E-state index contributed by atoms with van der Waals surface area (Å²) in [6, 6.07) is 11.8. The number of benzene rings is 3. The molecular formula is C41H41NO15. The molecular weight excluding hydrogens is 746 g/mol. The zero-order chi connectivity index (χ0) is 40.9. The van der Waals surface area contributed by atoms with E-state index in [0.717, 1.165) is 38.6 Å². The summed E-state index contributed by atoms with van der Waals surface area (Å²) in [4.78, 5) is 89.8. The first-order chi connectivity index (χ1) is 27.1. The average Bonchev–Trinajstić information content (AvgIpc) is 3.14. The number of carbonyl (C=O) groups is 7. The van der Waals surface area contributed by atoms with Crippen LogP contribution in [0.3, 0.4) is 0 Å². The minimum atomic E-state index is -1.59. The molecule has 1 aliphatic carbocycles. The maximum Gasteiger partial charge on any atom is 0.303 e. The van der Waals surface area contributed by atoms with Crippen molar-refractivity contribution in [3.8, 4) is 0 Å². The number of esters is 5. The van der Waals surface area contributed by atoms with Crippen molar-refractivity contribution < 1.29 is 71.5 Å². The Kier molecular flexibility index (Phi) is 10.9. The molecule has 2 fully saturated rings. The molecule has 7 rings (SSSR count). The summed E-state index contributed by atoms with van der Waals surface area (Å²) < 4.78 is 46.6. The lowest BCUT2D eigenvalue weighted by molar-refractivity contribution is -0.330. The number of ether oxygens (including phenoxy) is 8. The van der Waals surface area contributed by atoms with Crippen molar-refractivity contribution >= 4 is 57.9 Å². The number of carbonyl (C=O) groups excluding carboxylic acids is 7. The smallest absolute Gasteiger partial charge is 0.303 e. The second kappa shape index (κ2) is 15.7. The highest BCUT2D eigenvalue weighted by Crippen LogP contribution is 2.47. The summed E-state index contributed by atoms with van der Waals surface area (Å²) in [5.74, 6) is -4.41. The number of hydrogen-bond acceptors (Lipinski definition) is 16. The van der Waals surface area contributed by atoms with Crippen LogP contribution in [-0.2, 0) is 61.9 Å². The average molecular weight is 788 g/mol. The van der Waals surface area contributed by atoms with E-state index in [2.05, 4.69) is 5.32 Å². The molecule has 3 heterocycles. The van der Waals surface area contributed by atoms with Crippen molar-refractivity contribution in [1.29, 1.82) is 0 Å². The number of fused-ring (bicyclic) bond motifs is 9. The standard InChI is InChI=1S/C41H41NO15/c1-17-7-9-24-23(13-17)8-10-26-32(24)35(48)27-12-11-25-29-14-28(42-34(25)33(27)36(26)49)37(30(55-29)15-50-18(2)43)57-41-40(54-22(6)47)39(53-21(5)46)38(52-20(4)45)31(56-41)16-51-19(3)44/h7-13,28-31,37-42H,14-16H2,1-6H3/t28-,29-,30+,31+,37-,38-,39-,40+,41-/m0/s1. The van der Waals surface area contributed by atoms with Crippen LogP contribution >= 0.6 is 0 Å². The number of aryl methyl sites for hydroxylation is 1. The molecule has 0 saturated carbocycles. The third kappa shape index (κ3) is 7.72. The van der Waals surface area contributed by atoms with Crippen molar-refractivity contribution in [3.05, 3.63) is 75.8 Å². The summed E-state index contributed by atoms with van der Waals surface area (Å²) in [5, 5.41) is 4.92. The largest absolute Gasteiger partial charge is 0.463 e. The number of ketones is 2. The van der Waals surface area contributed by atoms with Gasteiger partial charge < -0.3 is 43.2 Å². The summed E-state index contributed by atoms with van der Waals surface area (Å²) in [6.45, 7) is 6.87. The lowest BCUT2D eigenvalue weighted by atomic mass is 9.77. The van der Waals surface area contributed by atoms with Gasteiger partial charge in [-0.05, 0) is 29.8 Å². The van der Waals surface area contributed by atoms with Gasteiger partial charge in [0.1, 0.15) is 31.5 Å². The van der Waals surface area contributed by atoms with Gasteiger partial charge in [-0.1, -0.05) is 35.9 Å². The van der Waals surface area contributed by atoms with Gasteiger partial charge in [-0.3, -0.25) is 33.6 Å². The van der Waals surface area contributed by atoms with Crippen LogP contribution in [0.1, 0.15) is 90.1 Å². The Labute approximate surface area is 326 Å². The summed E-state index contributed by atoms with van der Waals surface area (Å²) in [5.41, 5.74) is 2.93. The Hall–Kier alpha value is -5.71. The zero-order valence-electron chi connectivity index (χ0n) is 32.0. The van der Waals surface area contributed by atoms with Crippen molar-refractivity contribution in [3.63, 3.8) is 0 Å². The van der Waals surface area contributed by atoms with Crippen molar-refractivity contribution in [2.45, 2.75) is 103 Å². The van der Waals surface area contributed by atoms with Crippen molar-refractivity contribution in [1.82, 2.24) is 0 Å². The maximum absolute atomic E-state index is 14.4. The molecule has 16 nitrogen and oxygen atoms in total. The monoisotopic (exact) mass is 787 g/mol. The normalized spacial score (nSPS) is 27.2. The first kappa shape index (κ1) is 39.5. The number of rotatable bonds is 9. The van der Waals surface area contributed by atoms with Gasteiger partial charge in [0.25, 0.3) is 0 Å². The molecule has 3 aromatic rings. The van der Waals surface area contributed by atoms with Gasteiger partial charge in [-0.25, -0.2) is 0 Å².